The van der Waals surface area contributed by atoms with Crippen molar-refractivity contribution in [3.63, 3.8) is 0 Å². The third-order valence-corrected chi connectivity index (χ3v) is 14.8. The molecule has 2 nitrogen and oxygen atoms in total. The van der Waals surface area contributed by atoms with Crippen LogP contribution in [0.2, 0.25) is 7.25 Å². The first kappa shape index (κ1) is 21.6. The summed E-state index contributed by atoms with van der Waals surface area (Å²) in [5.41, 5.74) is 2.45. The Morgan fingerprint density at radius 1 is 0.613 bits per heavy atom. The average Bonchev–Trinajstić information content (AvgIpc) is 3.51. The van der Waals surface area contributed by atoms with Crippen LogP contribution >= 0.6 is 0 Å². The van der Waals surface area contributed by atoms with Crippen molar-refractivity contribution >= 4 is 0 Å². The number of hydrogen-bond donors (Lipinski definition) is 0. The van der Waals surface area contributed by atoms with E-state index in [1.54, 1.807) is 0 Å². The van der Waals surface area contributed by atoms with Crippen LogP contribution in [-0.2, 0) is 34.0 Å². The summed E-state index contributed by atoms with van der Waals surface area (Å²) in [6.45, 7) is 7.66. The average molecular weight is 488 g/mol. The van der Waals surface area contributed by atoms with Crippen molar-refractivity contribution in [2.24, 2.45) is 0 Å². The zero-order chi connectivity index (χ0) is 21.5. The fourth-order valence-corrected chi connectivity index (χ4v) is 12.7. The summed E-state index contributed by atoms with van der Waals surface area (Å²) >= 11 is -3.86. The molecule has 0 fully saturated rings. The first-order valence-electron chi connectivity index (χ1n) is 10.7. The van der Waals surface area contributed by atoms with Crippen LogP contribution in [0, 0.1) is 0 Å². The summed E-state index contributed by atoms with van der Waals surface area (Å²) in [5, 5.41) is 0. The Morgan fingerprint density at radius 3 is 1.29 bits per heavy atom. The fraction of sp³-hybridized carbons (Fsp3) is 0.143. The maximum atomic E-state index is 6.93. The predicted octanol–water partition coefficient (Wildman–Crippen LogP) is 7.41. The van der Waals surface area contributed by atoms with Crippen LogP contribution in [0.15, 0.2) is 122 Å². The van der Waals surface area contributed by atoms with Crippen molar-refractivity contribution < 1.29 is 26.8 Å². The second kappa shape index (κ2) is 10.1. The van der Waals surface area contributed by atoms with E-state index >= 15 is 0 Å². The minimum atomic E-state index is -3.86. The molecule has 0 N–H and O–H groups in total. The van der Waals surface area contributed by atoms with E-state index in [4.69, 9.17) is 5.63 Å². The van der Waals surface area contributed by atoms with Crippen molar-refractivity contribution in [2.45, 2.75) is 20.1 Å². The molecule has 0 saturated heterocycles. The Bertz CT molecular complexity index is 916. The standard InChI is InChI=1S/2C9H10O.2C5H5.Zr/c2*1-2-3-8-4-6-9(10)7-5-8;2*1-2-4-5-3-1;/h2*2,4-7,10H,1,3H2;2*1-5H;/q;;;;+2/p-2. The van der Waals surface area contributed by atoms with Crippen LogP contribution < -0.4 is 5.63 Å². The number of allylic oxidation sites excluding steroid dienone is 10. The molecule has 156 valence electrons. The van der Waals surface area contributed by atoms with Crippen LogP contribution in [0.4, 0.5) is 0 Å². The SMILES string of the molecule is C=CCc1ccc([O][Zr]([O]c2ccc(CC=C)cc2)([CH]2C=CC=C2)[CH]2C=CC=C2)cc1. The number of rotatable bonds is 10. The second-order valence-electron chi connectivity index (χ2n) is 7.79. The van der Waals surface area contributed by atoms with Crippen LogP contribution in [0.25, 0.3) is 0 Å². The summed E-state index contributed by atoms with van der Waals surface area (Å²) in [7, 11) is 0. The molecule has 0 atom stereocenters. The molecule has 2 aliphatic carbocycles. The Hall–Kier alpha value is -2.64. The molecular weight excluding hydrogens is 460 g/mol. The quantitative estimate of drug-likeness (QED) is 0.325. The molecule has 3 heteroatoms. The van der Waals surface area contributed by atoms with Crippen LogP contribution in [0.1, 0.15) is 11.1 Å². The van der Waals surface area contributed by atoms with E-state index in [0.717, 1.165) is 24.3 Å². The van der Waals surface area contributed by atoms with Crippen molar-refractivity contribution in [2.75, 3.05) is 0 Å². The molecule has 2 aliphatic rings. The molecule has 0 heterocycles. The molecule has 2 aromatic rings. The van der Waals surface area contributed by atoms with E-state index in [1.807, 2.05) is 12.2 Å². The zero-order valence-electron chi connectivity index (χ0n) is 17.7. The summed E-state index contributed by atoms with van der Waals surface area (Å²) < 4.78 is 14.2. The van der Waals surface area contributed by atoms with Crippen LogP contribution in [0.3, 0.4) is 0 Å². The normalized spacial score (nSPS) is 15.5. The molecule has 0 spiro atoms. The topological polar surface area (TPSA) is 18.5 Å². The van der Waals surface area contributed by atoms with E-state index in [0.29, 0.717) is 0 Å². The molecule has 0 radical (unpaired) electrons. The van der Waals surface area contributed by atoms with Crippen molar-refractivity contribution in [3.05, 3.63) is 134 Å². The summed E-state index contributed by atoms with van der Waals surface area (Å²) in [5.74, 6) is 1.74. The predicted molar refractivity (Wildman–Crippen MR) is 126 cm³/mol. The Kier molecular flexibility index (Phi) is 7.04. The van der Waals surface area contributed by atoms with Gasteiger partial charge in [-0.2, -0.15) is 0 Å². The summed E-state index contributed by atoms with van der Waals surface area (Å²) in [6, 6.07) is 16.7. The van der Waals surface area contributed by atoms with Gasteiger partial charge >= 0.3 is 192 Å². The summed E-state index contributed by atoms with van der Waals surface area (Å²) in [4.78, 5) is 0. The van der Waals surface area contributed by atoms with Gasteiger partial charge < -0.3 is 0 Å². The van der Waals surface area contributed by atoms with E-state index in [1.165, 1.54) is 11.1 Å². The molecular formula is C28H28O2Zr. The fourth-order valence-electron chi connectivity index (χ4n) is 4.00. The third kappa shape index (κ3) is 5.00. The van der Waals surface area contributed by atoms with Gasteiger partial charge in [-0.1, -0.05) is 0 Å². The third-order valence-electron chi connectivity index (χ3n) is 5.59. The van der Waals surface area contributed by atoms with Crippen LogP contribution in [0.5, 0.6) is 11.5 Å². The molecule has 0 aliphatic heterocycles. The second-order valence-corrected chi connectivity index (χ2v) is 15.6. The van der Waals surface area contributed by atoms with Gasteiger partial charge in [-0.3, -0.25) is 0 Å². The Morgan fingerprint density at radius 2 is 0.968 bits per heavy atom. The van der Waals surface area contributed by atoms with Gasteiger partial charge in [0.05, 0.1) is 0 Å². The van der Waals surface area contributed by atoms with Gasteiger partial charge in [0.1, 0.15) is 0 Å². The van der Waals surface area contributed by atoms with E-state index in [2.05, 4.69) is 110 Å². The van der Waals surface area contributed by atoms with Gasteiger partial charge in [-0.05, 0) is 0 Å². The van der Waals surface area contributed by atoms with Gasteiger partial charge in [0.25, 0.3) is 0 Å². The molecule has 0 aromatic heterocycles. The number of benzene rings is 2. The van der Waals surface area contributed by atoms with Crippen molar-refractivity contribution in [1.29, 1.82) is 0 Å². The molecule has 0 saturated carbocycles. The van der Waals surface area contributed by atoms with E-state index in [-0.39, 0.29) is 7.25 Å². The van der Waals surface area contributed by atoms with Gasteiger partial charge in [0, 0.05) is 0 Å². The minimum absolute atomic E-state index is 0.174. The first-order valence-corrected chi connectivity index (χ1v) is 15.6. The van der Waals surface area contributed by atoms with Crippen LogP contribution in [-0.4, -0.2) is 0 Å². The molecule has 4 rings (SSSR count). The van der Waals surface area contributed by atoms with Gasteiger partial charge in [0.15, 0.2) is 0 Å². The van der Waals surface area contributed by atoms with Gasteiger partial charge in [-0.25, -0.2) is 0 Å². The zero-order valence-corrected chi connectivity index (χ0v) is 20.1. The van der Waals surface area contributed by atoms with E-state index in [9.17, 15) is 0 Å². The Labute approximate surface area is 191 Å². The first-order chi connectivity index (χ1) is 15.2. The maximum absolute atomic E-state index is 6.93. The molecule has 31 heavy (non-hydrogen) atoms. The molecule has 0 bridgehead atoms. The van der Waals surface area contributed by atoms with Crippen molar-refractivity contribution in [3.8, 4) is 11.5 Å². The molecule has 0 unspecified atom stereocenters. The summed E-state index contributed by atoms with van der Waals surface area (Å²) in [6.07, 6.45) is 22.9. The number of hydrogen-bond acceptors (Lipinski definition) is 2. The molecule has 2 aromatic carbocycles. The molecule has 0 amide bonds. The van der Waals surface area contributed by atoms with Gasteiger partial charge in [-0.15, -0.1) is 0 Å². The monoisotopic (exact) mass is 486 g/mol. The van der Waals surface area contributed by atoms with Crippen molar-refractivity contribution in [1.82, 2.24) is 0 Å². The van der Waals surface area contributed by atoms with Gasteiger partial charge in [0.2, 0.25) is 0 Å². The Balaban J connectivity index is 1.70. The van der Waals surface area contributed by atoms with E-state index < -0.39 is 21.1 Å².